The molecule has 28 heavy (non-hydrogen) atoms. The Labute approximate surface area is 172 Å². The zero-order chi connectivity index (χ0) is 20.3. The number of ketones is 2. The van der Waals surface area contributed by atoms with Gasteiger partial charge in [-0.3, -0.25) is 9.59 Å². The Balaban J connectivity index is 1.71. The van der Waals surface area contributed by atoms with Crippen LogP contribution in [0.4, 0.5) is 0 Å². The Morgan fingerprint density at radius 3 is 2.64 bits per heavy atom. The SMILES string of the molecule is CCSCC(=O)C1CC[C@@]2(O)C3=CC(=O)C4CCC(O)CC4(C)C3CCC12C. The molecule has 0 saturated heterocycles. The first kappa shape index (κ1) is 20.6. The lowest BCUT2D eigenvalue weighted by atomic mass is 9.46. The summed E-state index contributed by atoms with van der Waals surface area (Å²) in [5.41, 5.74) is -0.968. The second-order valence-electron chi connectivity index (χ2n) is 10.1. The second kappa shape index (κ2) is 6.95. The third-order valence-corrected chi connectivity index (χ3v) is 9.75. The summed E-state index contributed by atoms with van der Waals surface area (Å²) >= 11 is 1.65. The number of fused-ring (bicyclic) bond motifs is 5. The van der Waals surface area contributed by atoms with Crippen LogP contribution in [0.15, 0.2) is 11.6 Å². The van der Waals surface area contributed by atoms with Gasteiger partial charge in [-0.2, -0.15) is 11.8 Å². The van der Waals surface area contributed by atoms with Crippen LogP contribution >= 0.6 is 11.8 Å². The Bertz CT molecular complexity index is 717. The number of aliphatic hydroxyl groups excluding tert-OH is 1. The van der Waals surface area contributed by atoms with E-state index in [-0.39, 0.29) is 40.8 Å². The fraction of sp³-hybridized carbons (Fsp3) is 0.826. The van der Waals surface area contributed by atoms with Crippen molar-refractivity contribution >= 4 is 23.3 Å². The number of hydrogen-bond donors (Lipinski definition) is 2. The van der Waals surface area contributed by atoms with Gasteiger partial charge < -0.3 is 10.2 Å². The molecule has 7 atom stereocenters. The minimum Gasteiger partial charge on any atom is -0.393 e. The van der Waals surface area contributed by atoms with Crippen LogP contribution in [0.1, 0.15) is 65.7 Å². The molecular formula is C23H34O4S. The molecule has 0 bridgehead atoms. The van der Waals surface area contributed by atoms with Gasteiger partial charge in [-0.05, 0) is 73.7 Å². The number of allylic oxidation sites excluding steroid dienone is 1. The lowest BCUT2D eigenvalue weighted by Gasteiger charge is -2.59. The summed E-state index contributed by atoms with van der Waals surface area (Å²) in [7, 11) is 0. The molecule has 6 unspecified atom stereocenters. The van der Waals surface area contributed by atoms with Crippen molar-refractivity contribution in [1.29, 1.82) is 0 Å². The van der Waals surface area contributed by atoms with Crippen molar-refractivity contribution in [3.63, 3.8) is 0 Å². The van der Waals surface area contributed by atoms with Crippen LogP contribution in [0.25, 0.3) is 0 Å². The van der Waals surface area contributed by atoms with Crippen molar-refractivity contribution in [2.75, 3.05) is 11.5 Å². The minimum absolute atomic E-state index is 0.0441. The van der Waals surface area contributed by atoms with E-state index < -0.39 is 11.0 Å². The zero-order valence-electron chi connectivity index (χ0n) is 17.4. The average Bonchev–Trinajstić information content (AvgIpc) is 2.91. The van der Waals surface area contributed by atoms with E-state index in [1.54, 1.807) is 17.8 Å². The summed E-state index contributed by atoms with van der Waals surface area (Å²) in [6, 6.07) is 0. The molecule has 0 aliphatic heterocycles. The van der Waals surface area contributed by atoms with E-state index in [1.165, 1.54) is 0 Å². The lowest BCUT2D eigenvalue weighted by Crippen LogP contribution is -2.59. The molecule has 4 rings (SSSR count). The molecule has 0 amide bonds. The molecule has 0 aromatic carbocycles. The molecule has 0 aromatic heterocycles. The van der Waals surface area contributed by atoms with Gasteiger partial charge in [0.2, 0.25) is 0 Å². The molecule has 4 aliphatic rings. The van der Waals surface area contributed by atoms with Crippen LogP contribution in [0.5, 0.6) is 0 Å². The Morgan fingerprint density at radius 1 is 1.18 bits per heavy atom. The van der Waals surface area contributed by atoms with Crippen LogP contribution in [0, 0.1) is 28.6 Å². The lowest BCUT2D eigenvalue weighted by molar-refractivity contribution is -0.143. The maximum Gasteiger partial charge on any atom is 0.159 e. The molecule has 4 aliphatic carbocycles. The van der Waals surface area contributed by atoms with Gasteiger partial charge in [-0.15, -0.1) is 0 Å². The summed E-state index contributed by atoms with van der Waals surface area (Å²) in [6.45, 7) is 6.28. The highest BCUT2D eigenvalue weighted by Gasteiger charge is 2.66. The highest BCUT2D eigenvalue weighted by atomic mass is 32.2. The van der Waals surface area contributed by atoms with Crippen molar-refractivity contribution in [2.24, 2.45) is 28.6 Å². The Kier molecular flexibility index (Phi) is 5.12. The first-order valence-electron chi connectivity index (χ1n) is 10.9. The highest BCUT2D eigenvalue weighted by molar-refractivity contribution is 7.99. The quantitative estimate of drug-likeness (QED) is 0.747. The highest BCUT2D eigenvalue weighted by Crippen LogP contribution is 2.67. The number of carbonyl (C=O) groups excluding carboxylic acids is 2. The molecule has 0 spiro atoms. The van der Waals surface area contributed by atoms with Crippen LogP contribution in [0.3, 0.4) is 0 Å². The fourth-order valence-corrected chi connectivity index (χ4v) is 7.87. The average molecular weight is 407 g/mol. The van der Waals surface area contributed by atoms with Crippen LogP contribution in [-0.2, 0) is 9.59 Å². The van der Waals surface area contributed by atoms with Gasteiger partial charge in [0, 0.05) is 17.3 Å². The van der Waals surface area contributed by atoms with Gasteiger partial charge in [0.15, 0.2) is 5.78 Å². The van der Waals surface area contributed by atoms with Crippen LogP contribution < -0.4 is 0 Å². The van der Waals surface area contributed by atoms with Gasteiger partial charge in [-0.1, -0.05) is 20.8 Å². The number of hydrogen-bond acceptors (Lipinski definition) is 5. The van der Waals surface area contributed by atoms with Gasteiger partial charge in [0.25, 0.3) is 0 Å². The standard InChI is InChI=1S/C23H34O4S/c1-4-28-13-20(26)17-8-10-23(27)18-11-19(25)16-6-5-14(24)12-21(16,2)15(18)7-9-22(17,23)3/h11,14-17,24,27H,4-10,12-13H2,1-3H3/t14?,15?,16?,17?,21?,22?,23-/m1/s1. The monoisotopic (exact) mass is 406 g/mol. The predicted molar refractivity (Wildman–Crippen MR) is 111 cm³/mol. The molecule has 3 saturated carbocycles. The van der Waals surface area contributed by atoms with E-state index in [0.29, 0.717) is 31.4 Å². The van der Waals surface area contributed by atoms with Crippen LogP contribution in [-0.4, -0.2) is 45.0 Å². The first-order chi connectivity index (χ1) is 13.2. The van der Waals surface area contributed by atoms with E-state index in [4.69, 9.17) is 0 Å². The van der Waals surface area contributed by atoms with E-state index in [9.17, 15) is 19.8 Å². The third-order valence-electron chi connectivity index (χ3n) is 8.85. The molecule has 0 aromatic rings. The zero-order valence-corrected chi connectivity index (χ0v) is 18.2. The number of Topliss-reactive ketones (excluding diaryl/α,β-unsaturated/α-hetero) is 1. The molecule has 0 radical (unpaired) electrons. The van der Waals surface area contributed by atoms with Crippen molar-refractivity contribution in [2.45, 2.75) is 77.4 Å². The Hall–Kier alpha value is -0.650. The van der Waals surface area contributed by atoms with Crippen molar-refractivity contribution in [1.82, 2.24) is 0 Å². The summed E-state index contributed by atoms with van der Waals surface area (Å²) < 4.78 is 0. The normalized spacial score (nSPS) is 47.8. The predicted octanol–water partition coefficient (Wildman–Crippen LogP) is 3.54. The number of thioether (sulfide) groups is 1. The topological polar surface area (TPSA) is 74.6 Å². The summed E-state index contributed by atoms with van der Waals surface area (Å²) in [5.74, 6) is 1.76. The van der Waals surface area contributed by atoms with E-state index in [2.05, 4.69) is 20.8 Å². The molecular weight excluding hydrogens is 372 g/mol. The van der Waals surface area contributed by atoms with Crippen LogP contribution in [0.2, 0.25) is 0 Å². The molecule has 156 valence electrons. The second-order valence-corrected chi connectivity index (χ2v) is 11.3. The van der Waals surface area contributed by atoms with Crippen molar-refractivity contribution in [3.8, 4) is 0 Å². The number of carbonyl (C=O) groups is 2. The maximum absolute atomic E-state index is 13.0. The molecule has 3 fully saturated rings. The molecule has 4 nitrogen and oxygen atoms in total. The van der Waals surface area contributed by atoms with Gasteiger partial charge in [0.05, 0.1) is 17.5 Å². The van der Waals surface area contributed by atoms with Gasteiger partial charge in [0.1, 0.15) is 5.78 Å². The largest absolute Gasteiger partial charge is 0.393 e. The summed E-state index contributed by atoms with van der Waals surface area (Å²) in [6.07, 6.45) is 6.42. The van der Waals surface area contributed by atoms with Crippen molar-refractivity contribution in [3.05, 3.63) is 11.6 Å². The van der Waals surface area contributed by atoms with E-state index in [0.717, 1.165) is 30.6 Å². The van der Waals surface area contributed by atoms with Gasteiger partial charge in [-0.25, -0.2) is 0 Å². The summed E-state index contributed by atoms with van der Waals surface area (Å²) in [4.78, 5) is 26.0. The number of aliphatic hydroxyl groups is 2. The molecule has 5 heteroatoms. The Morgan fingerprint density at radius 2 is 1.93 bits per heavy atom. The third kappa shape index (κ3) is 2.72. The minimum atomic E-state index is -1.07. The smallest absolute Gasteiger partial charge is 0.159 e. The van der Waals surface area contributed by atoms with Crippen molar-refractivity contribution < 1.29 is 19.8 Å². The molecule has 2 N–H and O–H groups in total. The van der Waals surface area contributed by atoms with Gasteiger partial charge >= 0.3 is 0 Å². The number of rotatable bonds is 4. The van der Waals surface area contributed by atoms with E-state index >= 15 is 0 Å². The van der Waals surface area contributed by atoms with E-state index in [1.807, 2.05) is 0 Å². The molecule has 0 heterocycles. The summed E-state index contributed by atoms with van der Waals surface area (Å²) in [5, 5.41) is 22.3. The first-order valence-corrected chi connectivity index (χ1v) is 12.1. The maximum atomic E-state index is 13.0. The fourth-order valence-electron chi connectivity index (χ4n) is 7.26.